The Balaban J connectivity index is 2.03. The van der Waals surface area contributed by atoms with E-state index in [0.717, 1.165) is 6.07 Å². The van der Waals surface area contributed by atoms with E-state index in [9.17, 15) is 17.4 Å². The van der Waals surface area contributed by atoms with Crippen molar-refractivity contribution in [3.63, 3.8) is 0 Å². The molecule has 0 atom stereocenters. The fourth-order valence-electron chi connectivity index (χ4n) is 2.32. The molecule has 0 spiro atoms. The van der Waals surface area contributed by atoms with Crippen molar-refractivity contribution in [3.05, 3.63) is 42.1 Å². The maximum Gasteiger partial charge on any atom is 0.433 e. The minimum Gasteiger partial charge on any atom is -0.355 e. The molecule has 1 aliphatic rings. The van der Waals surface area contributed by atoms with Crippen LogP contribution in [0.1, 0.15) is 5.69 Å². The standard InChI is InChI=1S/C15H14F3N3OS/c16-15(17,18)12-10-13(21-6-8-23(22)9-7-21)20-14(19-12)11-4-2-1-3-5-11/h1-5,10H,6-9H2. The van der Waals surface area contributed by atoms with E-state index in [1.54, 1.807) is 35.2 Å². The van der Waals surface area contributed by atoms with Crippen LogP contribution in [0.5, 0.6) is 0 Å². The van der Waals surface area contributed by atoms with Crippen molar-refractivity contribution in [2.24, 2.45) is 0 Å². The Morgan fingerprint density at radius 3 is 2.30 bits per heavy atom. The summed E-state index contributed by atoms with van der Waals surface area (Å²) in [7, 11) is -0.906. The largest absolute Gasteiger partial charge is 0.433 e. The summed E-state index contributed by atoms with van der Waals surface area (Å²) in [6.45, 7) is 0.851. The van der Waals surface area contributed by atoms with Gasteiger partial charge in [-0.25, -0.2) is 9.97 Å². The lowest BCUT2D eigenvalue weighted by Crippen LogP contribution is -2.38. The predicted octanol–water partition coefficient (Wildman–Crippen LogP) is 2.73. The van der Waals surface area contributed by atoms with Crippen LogP contribution in [0.4, 0.5) is 19.0 Å². The molecule has 23 heavy (non-hydrogen) atoms. The van der Waals surface area contributed by atoms with Gasteiger partial charge in [-0.15, -0.1) is 0 Å². The van der Waals surface area contributed by atoms with Crippen LogP contribution in [0.25, 0.3) is 11.4 Å². The first-order chi connectivity index (χ1) is 10.9. The van der Waals surface area contributed by atoms with Crippen molar-refractivity contribution < 1.29 is 17.4 Å². The van der Waals surface area contributed by atoms with Crippen molar-refractivity contribution >= 4 is 16.6 Å². The first-order valence-electron chi connectivity index (χ1n) is 7.05. The lowest BCUT2D eigenvalue weighted by molar-refractivity contribution is -0.141. The van der Waals surface area contributed by atoms with Crippen LogP contribution in [0.15, 0.2) is 36.4 Å². The second-order valence-electron chi connectivity index (χ2n) is 5.13. The highest BCUT2D eigenvalue weighted by Gasteiger charge is 2.34. The zero-order valence-electron chi connectivity index (χ0n) is 12.1. The van der Waals surface area contributed by atoms with E-state index in [4.69, 9.17) is 0 Å². The molecule has 3 rings (SSSR count). The molecule has 0 radical (unpaired) electrons. The summed E-state index contributed by atoms with van der Waals surface area (Å²) in [6, 6.07) is 9.53. The van der Waals surface area contributed by atoms with Gasteiger partial charge in [0, 0.05) is 47.0 Å². The summed E-state index contributed by atoms with van der Waals surface area (Å²) >= 11 is 0. The maximum atomic E-state index is 13.1. The van der Waals surface area contributed by atoms with Gasteiger partial charge >= 0.3 is 6.18 Å². The number of hydrogen-bond acceptors (Lipinski definition) is 4. The molecule has 122 valence electrons. The fourth-order valence-corrected chi connectivity index (χ4v) is 3.38. The molecule has 1 aromatic heterocycles. The third-order valence-electron chi connectivity index (χ3n) is 3.54. The highest BCUT2D eigenvalue weighted by Crippen LogP contribution is 2.31. The second-order valence-corrected chi connectivity index (χ2v) is 6.83. The summed E-state index contributed by atoms with van der Waals surface area (Å²) < 4.78 is 50.8. The third kappa shape index (κ3) is 3.69. The summed E-state index contributed by atoms with van der Waals surface area (Å²) in [6.07, 6.45) is -4.54. The van der Waals surface area contributed by atoms with Gasteiger partial charge in [-0.05, 0) is 0 Å². The van der Waals surface area contributed by atoms with E-state index in [2.05, 4.69) is 9.97 Å². The number of halogens is 3. The first kappa shape index (κ1) is 15.9. The highest BCUT2D eigenvalue weighted by molar-refractivity contribution is 7.85. The van der Waals surface area contributed by atoms with Crippen LogP contribution in [0.2, 0.25) is 0 Å². The number of anilines is 1. The summed E-state index contributed by atoms with van der Waals surface area (Å²) in [4.78, 5) is 9.67. The third-order valence-corrected chi connectivity index (χ3v) is 4.81. The molecule has 0 saturated carbocycles. The molecule has 1 fully saturated rings. The van der Waals surface area contributed by atoms with E-state index in [0.29, 0.717) is 30.2 Å². The van der Waals surface area contributed by atoms with Crippen LogP contribution >= 0.6 is 0 Å². The van der Waals surface area contributed by atoms with Gasteiger partial charge in [0.25, 0.3) is 0 Å². The van der Waals surface area contributed by atoms with E-state index in [1.807, 2.05) is 0 Å². The van der Waals surface area contributed by atoms with Gasteiger partial charge in [-0.3, -0.25) is 4.21 Å². The molecule has 0 bridgehead atoms. The van der Waals surface area contributed by atoms with Gasteiger partial charge in [0.1, 0.15) is 5.82 Å². The van der Waals surface area contributed by atoms with Crippen molar-refractivity contribution in [2.45, 2.75) is 6.18 Å². The molecule has 0 N–H and O–H groups in total. The number of rotatable bonds is 2. The lowest BCUT2D eigenvalue weighted by Gasteiger charge is -2.28. The molecular weight excluding hydrogens is 327 g/mol. The lowest BCUT2D eigenvalue weighted by atomic mass is 10.2. The fraction of sp³-hybridized carbons (Fsp3) is 0.333. The average molecular weight is 341 g/mol. The summed E-state index contributed by atoms with van der Waals surface area (Å²) in [5.41, 5.74) is -0.437. The van der Waals surface area contributed by atoms with Crippen molar-refractivity contribution in [2.75, 3.05) is 29.5 Å². The van der Waals surface area contributed by atoms with Crippen LogP contribution in [0, 0.1) is 0 Å². The number of benzene rings is 1. The molecule has 0 unspecified atom stereocenters. The molecule has 4 nitrogen and oxygen atoms in total. The Hall–Kier alpha value is -1.96. The maximum absolute atomic E-state index is 13.1. The molecule has 2 heterocycles. The van der Waals surface area contributed by atoms with E-state index >= 15 is 0 Å². The van der Waals surface area contributed by atoms with Gasteiger partial charge in [-0.1, -0.05) is 30.3 Å². The van der Waals surface area contributed by atoms with Gasteiger partial charge < -0.3 is 4.90 Å². The van der Waals surface area contributed by atoms with E-state index < -0.39 is 22.7 Å². The average Bonchev–Trinajstić information content (AvgIpc) is 2.55. The molecule has 0 amide bonds. The first-order valence-corrected chi connectivity index (χ1v) is 8.54. The number of nitrogens with zero attached hydrogens (tertiary/aromatic N) is 3. The van der Waals surface area contributed by atoms with Crippen molar-refractivity contribution in [3.8, 4) is 11.4 Å². The summed E-state index contributed by atoms with van der Waals surface area (Å²) in [5.74, 6) is 1.14. The molecule has 2 aromatic rings. The minimum absolute atomic E-state index is 0.0436. The van der Waals surface area contributed by atoms with E-state index in [1.165, 1.54) is 0 Å². The van der Waals surface area contributed by atoms with E-state index in [-0.39, 0.29) is 11.6 Å². The number of hydrogen-bond donors (Lipinski definition) is 0. The van der Waals surface area contributed by atoms with Gasteiger partial charge in [-0.2, -0.15) is 13.2 Å². The SMILES string of the molecule is O=S1CCN(c2cc(C(F)(F)F)nc(-c3ccccc3)n2)CC1. The quantitative estimate of drug-likeness (QED) is 0.843. The smallest absolute Gasteiger partial charge is 0.355 e. The Morgan fingerprint density at radius 1 is 1.04 bits per heavy atom. The van der Waals surface area contributed by atoms with Crippen LogP contribution < -0.4 is 4.90 Å². The zero-order valence-corrected chi connectivity index (χ0v) is 12.9. The Bertz CT molecular complexity index is 712. The molecule has 1 aromatic carbocycles. The van der Waals surface area contributed by atoms with Crippen LogP contribution in [-0.4, -0.2) is 38.8 Å². The van der Waals surface area contributed by atoms with Crippen LogP contribution in [-0.2, 0) is 17.0 Å². The zero-order chi connectivity index (χ0) is 16.4. The minimum atomic E-state index is -4.54. The monoisotopic (exact) mass is 341 g/mol. The van der Waals surface area contributed by atoms with Gasteiger partial charge in [0.05, 0.1) is 0 Å². The predicted molar refractivity (Wildman–Crippen MR) is 82.6 cm³/mol. The number of aromatic nitrogens is 2. The molecule has 0 aliphatic carbocycles. The Kier molecular flexibility index (Phi) is 4.34. The van der Waals surface area contributed by atoms with Crippen molar-refractivity contribution in [1.29, 1.82) is 0 Å². The Labute approximate surface area is 133 Å². The number of alkyl halides is 3. The van der Waals surface area contributed by atoms with Gasteiger partial charge in [0.2, 0.25) is 0 Å². The Morgan fingerprint density at radius 2 is 1.70 bits per heavy atom. The van der Waals surface area contributed by atoms with Crippen molar-refractivity contribution in [1.82, 2.24) is 9.97 Å². The second kappa shape index (κ2) is 6.27. The molecule has 1 aliphatic heterocycles. The molecule has 8 heteroatoms. The van der Waals surface area contributed by atoms with Gasteiger partial charge in [0.15, 0.2) is 11.5 Å². The topological polar surface area (TPSA) is 46.1 Å². The van der Waals surface area contributed by atoms with Crippen LogP contribution in [0.3, 0.4) is 0 Å². The molecular formula is C15H14F3N3OS. The highest BCUT2D eigenvalue weighted by atomic mass is 32.2. The summed E-state index contributed by atoms with van der Waals surface area (Å²) in [5, 5.41) is 0. The molecule has 1 saturated heterocycles. The normalized spacial score (nSPS) is 16.6.